The van der Waals surface area contributed by atoms with E-state index in [1.165, 1.54) is 0 Å². The van der Waals surface area contributed by atoms with E-state index in [4.69, 9.17) is 12.6 Å². The molecule has 0 spiro atoms. The topological polar surface area (TPSA) is 80.9 Å². The summed E-state index contributed by atoms with van der Waals surface area (Å²) in [6.07, 6.45) is 5.67. The highest BCUT2D eigenvalue weighted by Crippen LogP contribution is 2.27. The fourth-order valence-corrected chi connectivity index (χ4v) is 3.91. The molecule has 2 aromatic heterocycles. The number of nitrogens with one attached hydrogen (secondary N) is 1. The number of aromatic nitrogens is 3. The SMILES string of the molecule is [2H]C([2H])([2H])C(NC1CCC(C(=O)Cc2ncc3ccc(-c4cnc(C)o4)cc3n2)CC1)C([2H])([2H])[2H]. The predicted octanol–water partition coefficient (Wildman–Crippen LogP) is 4.26. The Labute approximate surface area is 179 Å². The molecule has 2 heterocycles. The Morgan fingerprint density at radius 3 is 2.79 bits per heavy atom. The van der Waals surface area contributed by atoms with Crippen LogP contribution in [0.5, 0.6) is 0 Å². The van der Waals surface area contributed by atoms with E-state index in [0.29, 0.717) is 48.7 Å². The van der Waals surface area contributed by atoms with Crippen molar-refractivity contribution < 1.29 is 17.4 Å². The number of Topliss-reactive ketones (excluding diaryl/α,β-unsaturated/α-hetero) is 1. The van der Waals surface area contributed by atoms with Gasteiger partial charge in [-0.2, -0.15) is 0 Å². The first-order chi connectivity index (χ1) is 16.4. The lowest BCUT2D eigenvalue weighted by molar-refractivity contribution is -0.123. The zero-order valence-electron chi connectivity index (χ0n) is 22.3. The van der Waals surface area contributed by atoms with Crippen molar-refractivity contribution >= 4 is 16.7 Å². The van der Waals surface area contributed by atoms with Crippen LogP contribution >= 0.6 is 0 Å². The number of nitrogens with zero attached hydrogens (tertiary/aromatic N) is 3. The average Bonchev–Trinajstić information content (AvgIpc) is 3.22. The van der Waals surface area contributed by atoms with Crippen LogP contribution in [0.25, 0.3) is 22.2 Å². The molecule has 29 heavy (non-hydrogen) atoms. The van der Waals surface area contributed by atoms with Gasteiger partial charge in [-0.3, -0.25) is 4.79 Å². The Morgan fingerprint density at radius 1 is 1.24 bits per heavy atom. The first-order valence-corrected chi connectivity index (χ1v) is 9.87. The molecule has 0 radical (unpaired) electrons. The van der Waals surface area contributed by atoms with Gasteiger partial charge in [-0.05, 0) is 31.7 Å². The fourth-order valence-electron chi connectivity index (χ4n) is 3.91. The molecule has 0 unspecified atom stereocenters. The molecular formula is C23H28N4O2. The van der Waals surface area contributed by atoms with Crippen LogP contribution in [-0.4, -0.2) is 32.8 Å². The maximum absolute atomic E-state index is 12.9. The van der Waals surface area contributed by atoms with Gasteiger partial charge in [-0.25, -0.2) is 15.0 Å². The Bertz CT molecular complexity index is 1180. The van der Waals surface area contributed by atoms with E-state index in [-0.39, 0.29) is 24.2 Å². The molecule has 6 nitrogen and oxygen atoms in total. The molecular weight excluding hydrogens is 364 g/mol. The van der Waals surface area contributed by atoms with Crippen LogP contribution in [0.4, 0.5) is 0 Å². The summed E-state index contributed by atoms with van der Waals surface area (Å²) in [5.74, 6) is 1.51. The third-order valence-electron chi connectivity index (χ3n) is 5.46. The van der Waals surface area contributed by atoms with Crippen molar-refractivity contribution in [2.45, 2.75) is 64.8 Å². The first-order valence-electron chi connectivity index (χ1n) is 12.9. The minimum Gasteiger partial charge on any atom is -0.441 e. The van der Waals surface area contributed by atoms with Gasteiger partial charge in [-0.15, -0.1) is 0 Å². The number of ketones is 1. The molecule has 0 atom stereocenters. The van der Waals surface area contributed by atoms with Gasteiger partial charge in [0.1, 0.15) is 11.6 Å². The molecule has 4 rings (SSSR count). The van der Waals surface area contributed by atoms with E-state index in [0.717, 1.165) is 10.9 Å². The van der Waals surface area contributed by atoms with Crippen molar-refractivity contribution in [1.82, 2.24) is 20.3 Å². The number of hydrogen-bond donors (Lipinski definition) is 1. The van der Waals surface area contributed by atoms with Crippen LogP contribution in [0.1, 0.15) is 59.3 Å². The van der Waals surface area contributed by atoms with Crippen molar-refractivity contribution in [1.29, 1.82) is 0 Å². The lowest BCUT2D eigenvalue weighted by atomic mass is 9.82. The Hall–Kier alpha value is -2.60. The molecule has 0 saturated heterocycles. The molecule has 152 valence electrons. The maximum Gasteiger partial charge on any atom is 0.191 e. The fraction of sp³-hybridized carbons (Fsp3) is 0.478. The average molecular weight is 399 g/mol. The summed E-state index contributed by atoms with van der Waals surface area (Å²) >= 11 is 0. The van der Waals surface area contributed by atoms with Gasteiger partial charge in [0.2, 0.25) is 0 Å². The quantitative estimate of drug-likeness (QED) is 0.668. The summed E-state index contributed by atoms with van der Waals surface area (Å²) in [5.41, 5.74) is 1.55. The largest absolute Gasteiger partial charge is 0.441 e. The van der Waals surface area contributed by atoms with Crippen LogP contribution in [0.3, 0.4) is 0 Å². The van der Waals surface area contributed by atoms with E-state index in [9.17, 15) is 4.79 Å². The molecule has 1 aliphatic carbocycles. The summed E-state index contributed by atoms with van der Waals surface area (Å²) in [7, 11) is 0. The second-order valence-electron chi connectivity index (χ2n) is 7.59. The van der Waals surface area contributed by atoms with E-state index < -0.39 is 19.7 Å². The molecule has 1 N–H and O–H groups in total. The van der Waals surface area contributed by atoms with E-state index >= 15 is 0 Å². The van der Waals surface area contributed by atoms with Crippen molar-refractivity contribution in [3.63, 3.8) is 0 Å². The van der Waals surface area contributed by atoms with Crippen LogP contribution in [-0.2, 0) is 11.2 Å². The molecule has 0 amide bonds. The highest BCUT2D eigenvalue weighted by Gasteiger charge is 2.26. The van der Waals surface area contributed by atoms with Gasteiger partial charge >= 0.3 is 0 Å². The van der Waals surface area contributed by atoms with Gasteiger partial charge in [0.25, 0.3) is 0 Å². The number of oxazole rings is 1. The van der Waals surface area contributed by atoms with Gasteiger partial charge in [0, 0.05) is 50.3 Å². The van der Waals surface area contributed by atoms with Gasteiger partial charge < -0.3 is 9.73 Å². The highest BCUT2D eigenvalue weighted by atomic mass is 16.4. The van der Waals surface area contributed by atoms with E-state index in [2.05, 4.69) is 20.3 Å². The number of carbonyl (C=O) groups is 1. The molecule has 3 aromatic rings. The second kappa shape index (κ2) is 8.41. The number of fused-ring (bicyclic) bond motifs is 1. The Balaban J connectivity index is 1.38. The molecule has 0 aliphatic heterocycles. The summed E-state index contributed by atoms with van der Waals surface area (Å²) in [4.78, 5) is 26.0. The first kappa shape index (κ1) is 13.6. The standard InChI is InChI=1S/C23H28N4O2/c1-14(2)26-19-8-6-16(7-9-19)21(28)11-23-25-12-18-5-4-17(10-20(18)27-23)22-13-24-15(3)29-22/h4-5,10,12-14,16,19,26H,6-9,11H2,1-3H3/i1D3,2D3. The third kappa shape index (κ3) is 4.70. The Kier molecular flexibility index (Phi) is 3.94. The van der Waals surface area contributed by atoms with Gasteiger partial charge in [0.05, 0.1) is 18.1 Å². The second-order valence-corrected chi connectivity index (χ2v) is 7.59. The lowest BCUT2D eigenvalue weighted by Crippen LogP contribution is -2.38. The van der Waals surface area contributed by atoms with Crippen molar-refractivity contribution in [3.8, 4) is 11.3 Å². The van der Waals surface area contributed by atoms with Crippen LogP contribution in [0.15, 0.2) is 35.0 Å². The number of benzene rings is 1. The van der Waals surface area contributed by atoms with Gasteiger partial charge in [0.15, 0.2) is 11.7 Å². The predicted molar refractivity (Wildman–Crippen MR) is 113 cm³/mol. The van der Waals surface area contributed by atoms with Crippen molar-refractivity contribution in [3.05, 3.63) is 42.3 Å². The summed E-state index contributed by atoms with van der Waals surface area (Å²) in [5, 5.41) is 3.66. The summed E-state index contributed by atoms with van der Waals surface area (Å²) in [6, 6.07) is 3.86. The smallest absolute Gasteiger partial charge is 0.191 e. The molecule has 0 bridgehead atoms. The lowest BCUT2D eigenvalue weighted by Gasteiger charge is -2.29. The summed E-state index contributed by atoms with van der Waals surface area (Å²) in [6.45, 7) is -3.48. The molecule has 1 fully saturated rings. The van der Waals surface area contributed by atoms with E-state index in [1.807, 2.05) is 18.2 Å². The molecule has 6 heteroatoms. The minimum atomic E-state index is -2.63. The number of rotatable bonds is 6. The number of aryl methyl sites for hydroxylation is 1. The van der Waals surface area contributed by atoms with Crippen molar-refractivity contribution in [2.24, 2.45) is 5.92 Å². The molecule has 1 aromatic carbocycles. The monoisotopic (exact) mass is 398 g/mol. The number of hydrogen-bond acceptors (Lipinski definition) is 6. The zero-order chi connectivity index (χ0) is 25.4. The zero-order valence-corrected chi connectivity index (χ0v) is 16.3. The van der Waals surface area contributed by atoms with Crippen LogP contribution < -0.4 is 5.32 Å². The molecule has 1 aliphatic rings. The normalized spacial score (nSPS) is 23.7. The summed E-state index contributed by atoms with van der Waals surface area (Å²) < 4.78 is 50.9. The maximum atomic E-state index is 12.9. The van der Waals surface area contributed by atoms with E-state index in [1.54, 1.807) is 19.3 Å². The van der Waals surface area contributed by atoms with Gasteiger partial charge in [-0.1, -0.05) is 25.8 Å². The molecule has 1 saturated carbocycles. The highest BCUT2D eigenvalue weighted by molar-refractivity contribution is 5.85. The minimum absolute atomic E-state index is 0.0352. The van der Waals surface area contributed by atoms with Crippen LogP contribution in [0, 0.1) is 12.8 Å². The third-order valence-corrected chi connectivity index (χ3v) is 5.46. The number of carbonyl (C=O) groups excluding carboxylic acids is 1. The van der Waals surface area contributed by atoms with Crippen LogP contribution in [0.2, 0.25) is 0 Å². The Morgan fingerprint density at radius 2 is 2.07 bits per heavy atom. The van der Waals surface area contributed by atoms with Crippen molar-refractivity contribution in [2.75, 3.05) is 0 Å².